The van der Waals surface area contributed by atoms with Gasteiger partial charge in [0.1, 0.15) is 28.4 Å². The smallest absolute Gasteiger partial charge is 0.319 e. The van der Waals surface area contributed by atoms with Gasteiger partial charge in [-0.1, -0.05) is 54.8 Å². The Morgan fingerprint density at radius 2 is 1.55 bits per heavy atom. The zero-order valence-corrected chi connectivity index (χ0v) is 37.2. The van der Waals surface area contributed by atoms with Gasteiger partial charge in [-0.3, -0.25) is 24.2 Å². The van der Waals surface area contributed by atoms with Gasteiger partial charge < -0.3 is 20.2 Å². The molecule has 2 saturated heterocycles. The van der Waals surface area contributed by atoms with Gasteiger partial charge >= 0.3 is 6.01 Å². The number of aliphatic imine (C=N–C) groups is 1. The molecule has 322 valence electrons. The molecular formula is C46H51ClN10O4S. The number of piperazine rings is 1. The normalized spacial score (nSPS) is 17.6. The lowest BCUT2D eigenvalue weighted by Crippen LogP contribution is -2.53. The van der Waals surface area contributed by atoms with E-state index in [2.05, 4.69) is 48.6 Å². The average Bonchev–Trinajstić information content (AvgIpc) is 3.90. The van der Waals surface area contributed by atoms with Gasteiger partial charge in [0.15, 0.2) is 11.6 Å². The predicted octanol–water partition coefficient (Wildman–Crippen LogP) is 7.49. The summed E-state index contributed by atoms with van der Waals surface area (Å²) < 4.78 is 3.59. The number of hydrogen-bond acceptors (Lipinski definition) is 12. The second-order valence-electron chi connectivity index (χ2n) is 16.9. The Balaban J connectivity index is 0.812. The first-order valence-electron chi connectivity index (χ1n) is 21.2. The summed E-state index contributed by atoms with van der Waals surface area (Å²) in [6.45, 7) is 16.1. The molecule has 16 heteroatoms. The number of benzene rings is 3. The topological polar surface area (TPSA) is 161 Å². The van der Waals surface area contributed by atoms with E-state index in [1.807, 2.05) is 74.2 Å². The van der Waals surface area contributed by atoms with Crippen LogP contribution < -0.4 is 0 Å². The maximum atomic E-state index is 14.1. The van der Waals surface area contributed by atoms with Crippen LogP contribution in [-0.2, 0) is 11.3 Å². The van der Waals surface area contributed by atoms with Gasteiger partial charge in [0, 0.05) is 78.9 Å². The summed E-state index contributed by atoms with van der Waals surface area (Å²) in [5.74, 6) is 1.71. The third-order valence-corrected chi connectivity index (χ3v) is 14.2. The molecule has 6 aromatic rings. The highest BCUT2D eigenvalue weighted by Gasteiger charge is 2.35. The number of phenols is 2. The number of carbonyl (C=O) groups is 1. The van der Waals surface area contributed by atoms with Gasteiger partial charge in [0.25, 0.3) is 0 Å². The molecule has 0 bridgehead atoms. The van der Waals surface area contributed by atoms with Crippen LogP contribution in [0, 0.1) is 20.8 Å². The number of aryl methyl sites for hydroxylation is 2. The maximum absolute atomic E-state index is 14.1. The lowest BCUT2D eigenvalue weighted by molar-refractivity contribution is -0.133. The number of thiophene rings is 1. The van der Waals surface area contributed by atoms with Gasteiger partial charge in [-0.05, 0) is 86.6 Å². The molecule has 0 radical (unpaired) electrons. The monoisotopic (exact) mass is 874 g/mol. The van der Waals surface area contributed by atoms with Crippen molar-refractivity contribution in [3.05, 3.63) is 110 Å². The van der Waals surface area contributed by atoms with Crippen molar-refractivity contribution in [1.29, 1.82) is 0 Å². The summed E-state index contributed by atoms with van der Waals surface area (Å²) in [5, 5.41) is 50.6. The van der Waals surface area contributed by atoms with E-state index in [4.69, 9.17) is 16.6 Å². The van der Waals surface area contributed by atoms with E-state index in [0.717, 1.165) is 84.4 Å². The summed E-state index contributed by atoms with van der Waals surface area (Å²) >= 11 is 8.00. The lowest BCUT2D eigenvalue weighted by atomic mass is 9.98. The van der Waals surface area contributed by atoms with E-state index in [1.54, 1.807) is 17.4 Å². The van der Waals surface area contributed by atoms with Crippen molar-refractivity contribution >= 4 is 34.6 Å². The van der Waals surface area contributed by atoms with Gasteiger partial charge in [0.05, 0.1) is 23.4 Å². The van der Waals surface area contributed by atoms with E-state index in [1.165, 1.54) is 15.5 Å². The van der Waals surface area contributed by atoms with E-state index in [-0.39, 0.29) is 41.6 Å². The van der Waals surface area contributed by atoms with Gasteiger partial charge in [-0.2, -0.15) is 0 Å². The van der Waals surface area contributed by atoms with Crippen LogP contribution in [-0.4, -0.2) is 116 Å². The number of hydrogen-bond donors (Lipinski definition) is 3. The molecule has 3 N–H and O–H groups in total. The number of amides is 1. The maximum Gasteiger partial charge on any atom is 0.319 e. The summed E-state index contributed by atoms with van der Waals surface area (Å²) in [5.41, 5.74) is 6.86. The van der Waals surface area contributed by atoms with E-state index in [0.29, 0.717) is 46.8 Å². The summed E-state index contributed by atoms with van der Waals surface area (Å²) in [6.07, 6.45) is 2.08. The van der Waals surface area contributed by atoms with Crippen LogP contribution in [0.4, 0.5) is 0 Å². The number of fused-ring (bicyclic) bond motifs is 3. The first-order chi connectivity index (χ1) is 29.8. The van der Waals surface area contributed by atoms with E-state index >= 15 is 0 Å². The van der Waals surface area contributed by atoms with Crippen molar-refractivity contribution in [2.75, 3.05) is 39.3 Å². The number of piperidine rings is 1. The highest BCUT2D eigenvalue weighted by Crippen LogP contribution is 2.41. The molecular weight excluding hydrogens is 824 g/mol. The number of aromatic hydroxyl groups is 3. The first-order valence-corrected chi connectivity index (χ1v) is 22.4. The molecule has 3 aromatic heterocycles. The number of phenolic OH excluding ortho intramolecular Hbond substituents is 2. The zero-order chi connectivity index (χ0) is 43.4. The van der Waals surface area contributed by atoms with Crippen LogP contribution >= 0.6 is 22.9 Å². The number of nitrogens with zero attached hydrogens (tertiary/aromatic N) is 10. The summed E-state index contributed by atoms with van der Waals surface area (Å²) in [7, 11) is 0. The minimum atomic E-state index is -0.485. The molecule has 1 atom stereocenters. The third-order valence-electron chi connectivity index (χ3n) is 12.7. The molecule has 3 aromatic carbocycles. The Morgan fingerprint density at radius 3 is 2.24 bits per heavy atom. The fourth-order valence-corrected chi connectivity index (χ4v) is 10.5. The Bertz CT molecular complexity index is 2650. The molecule has 0 spiro atoms. The minimum absolute atomic E-state index is 0.00645. The first kappa shape index (κ1) is 41.7. The third kappa shape index (κ3) is 7.87. The minimum Gasteiger partial charge on any atom is -0.508 e. The predicted molar refractivity (Wildman–Crippen MR) is 240 cm³/mol. The van der Waals surface area contributed by atoms with E-state index < -0.39 is 6.04 Å². The van der Waals surface area contributed by atoms with Gasteiger partial charge in [-0.25, -0.2) is 4.57 Å². The second kappa shape index (κ2) is 16.9. The molecule has 3 aliphatic rings. The van der Waals surface area contributed by atoms with Crippen molar-refractivity contribution in [1.82, 2.24) is 44.2 Å². The molecule has 0 saturated carbocycles. The molecule has 0 unspecified atom stereocenters. The number of halogens is 1. The molecule has 6 heterocycles. The molecule has 3 aliphatic heterocycles. The molecule has 62 heavy (non-hydrogen) atoms. The molecule has 9 rings (SSSR count). The molecule has 0 aliphatic carbocycles. The number of carbonyl (C=O) groups excluding carboxylic acids is 1. The van der Waals surface area contributed by atoms with Crippen molar-refractivity contribution in [3.63, 3.8) is 0 Å². The summed E-state index contributed by atoms with van der Waals surface area (Å²) in [6, 6.07) is 18.3. The highest BCUT2D eigenvalue weighted by molar-refractivity contribution is 7.15. The van der Waals surface area contributed by atoms with E-state index in [9.17, 15) is 20.1 Å². The molecule has 14 nitrogen and oxygen atoms in total. The Labute approximate surface area is 369 Å². The molecule has 1 amide bonds. The molecule has 2 fully saturated rings. The SMILES string of the molecule is Cc1sc2c(c1C)C(c1ccc(Cl)cc1)=N[C@@H](CC(=O)N1CCC(N3CCN(Cc4ccc(-n5c(O)nnc5-c5cc(C(C)C)c(O)cc5O)cc4)CC3)CC1)c1nnc(C)n1-2. The largest absolute Gasteiger partial charge is 0.508 e. The Kier molecular flexibility index (Phi) is 11.4. The fourth-order valence-electron chi connectivity index (χ4n) is 9.13. The Hall–Kier alpha value is -5.61. The standard InChI is InChI=1S/C46H51ClN10O4S/c1-26(2)35-22-36(39(59)24-38(35)58)43-50-52-46(61)57(43)34-12-6-30(7-13-34)25-53-18-20-54(21-19-53)33-14-16-55(17-15-33)40(60)23-37-44-51-49-29(5)56(44)45-41(27(3)28(4)62-45)42(48-37)31-8-10-32(47)11-9-31/h6-13,22,24,26,33,37,58-59H,14-21,23,25H2,1-5H3,(H,52,61)/t37-/m0/s1. The number of aromatic nitrogens is 6. The number of rotatable bonds is 9. The zero-order valence-electron chi connectivity index (χ0n) is 35.6. The van der Waals surface area contributed by atoms with Crippen LogP contribution in [0.25, 0.3) is 22.1 Å². The van der Waals surface area contributed by atoms with Crippen molar-refractivity contribution < 1.29 is 20.1 Å². The van der Waals surface area contributed by atoms with Crippen LogP contribution in [0.3, 0.4) is 0 Å². The van der Waals surface area contributed by atoms with Crippen molar-refractivity contribution in [3.8, 4) is 39.6 Å². The fraction of sp³-hybridized carbons (Fsp3) is 0.391. The quantitative estimate of drug-likeness (QED) is 0.133. The van der Waals surface area contributed by atoms with Gasteiger partial charge in [-0.15, -0.1) is 26.6 Å². The van der Waals surface area contributed by atoms with Crippen molar-refractivity contribution in [2.24, 2.45) is 4.99 Å². The highest BCUT2D eigenvalue weighted by atomic mass is 35.5. The number of likely N-dealkylation sites (tertiary alicyclic amines) is 1. The van der Waals surface area contributed by atoms with Crippen LogP contribution in [0.5, 0.6) is 17.5 Å². The van der Waals surface area contributed by atoms with Gasteiger partial charge in [0.2, 0.25) is 5.91 Å². The van der Waals surface area contributed by atoms with Crippen molar-refractivity contribution in [2.45, 2.75) is 78.4 Å². The summed E-state index contributed by atoms with van der Waals surface area (Å²) in [4.78, 5) is 27.7. The second-order valence-corrected chi connectivity index (χ2v) is 18.6. The lowest BCUT2D eigenvalue weighted by Gasteiger charge is -2.43. The van der Waals surface area contributed by atoms with Crippen LogP contribution in [0.15, 0.2) is 65.7 Å². The Morgan fingerprint density at radius 1 is 0.839 bits per heavy atom. The van der Waals surface area contributed by atoms with Crippen LogP contribution in [0.2, 0.25) is 5.02 Å². The average molecular weight is 875 g/mol. The van der Waals surface area contributed by atoms with Crippen LogP contribution in [0.1, 0.15) is 89.4 Å².